The standard InChI is InChI=1S/C30H46N4O5/c1-7-9-11-22-26(35)32-23(18-20-13-15-21(16-14-20)39-30(4,5)6)27(36)33-25(19(3)8-2)29(38)34-17-10-12-24(34)28(37)31-22/h13-16,19,22-25H,7-12,17-18H2,1-6H3,(H,31,37)(H,32,35)(H,33,36)/t19?,22-,23-,24+,25-/m0/s1. The number of hydrogen-bond acceptors (Lipinski definition) is 5. The number of rotatable bonds is 8. The van der Waals surface area contributed by atoms with Crippen LogP contribution >= 0.6 is 0 Å². The smallest absolute Gasteiger partial charge is 0.246 e. The van der Waals surface area contributed by atoms with Crippen LogP contribution < -0.4 is 20.7 Å². The highest BCUT2D eigenvalue weighted by molar-refractivity contribution is 5.98. The number of unbranched alkanes of at least 4 members (excludes halogenated alkanes) is 1. The van der Waals surface area contributed by atoms with E-state index in [1.165, 1.54) is 0 Å². The van der Waals surface area contributed by atoms with Crippen LogP contribution in [-0.2, 0) is 25.6 Å². The van der Waals surface area contributed by atoms with Crippen LogP contribution in [0.1, 0.15) is 85.6 Å². The molecule has 0 radical (unpaired) electrons. The van der Waals surface area contributed by atoms with E-state index in [1.807, 2.05) is 65.8 Å². The van der Waals surface area contributed by atoms with E-state index < -0.39 is 30.1 Å². The van der Waals surface area contributed by atoms with Crippen LogP contribution in [-0.4, -0.2) is 64.8 Å². The summed E-state index contributed by atoms with van der Waals surface area (Å²) in [7, 11) is 0. The maximum Gasteiger partial charge on any atom is 0.246 e. The average molecular weight is 543 g/mol. The number of nitrogens with one attached hydrogen (secondary N) is 3. The van der Waals surface area contributed by atoms with Gasteiger partial charge in [0.25, 0.3) is 0 Å². The fourth-order valence-electron chi connectivity index (χ4n) is 5.13. The molecule has 1 aromatic rings. The van der Waals surface area contributed by atoms with E-state index in [-0.39, 0.29) is 35.7 Å². The zero-order valence-electron chi connectivity index (χ0n) is 24.3. The van der Waals surface area contributed by atoms with Crippen molar-refractivity contribution in [1.82, 2.24) is 20.9 Å². The fourth-order valence-corrected chi connectivity index (χ4v) is 5.13. The number of ether oxygens (including phenoxy) is 1. The van der Waals surface area contributed by atoms with Crippen LogP contribution in [0.5, 0.6) is 5.75 Å². The molecule has 2 fully saturated rings. The van der Waals surface area contributed by atoms with Gasteiger partial charge in [0.15, 0.2) is 0 Å². The third-order valence-corrected chi connectivity index (χ3v) is 7.51. The number of hydrogen-bond donors (Lipinski definition) is 3. The molecular formula is C30H46N4O5. The second-order valence-electron chi connectivity index (χ2n) is 11.9. The summed E-state index contributed by atoms with van der Waals surface area (Å²) >= 11 is 0. The van der Waals surface area contributed by atoms with Gasteiger partial charge in [-0.15, -0.1) is 0 Å². The molecule has 9 nitrogen and oxygen atoms in total. The van der Waals surface area contributed by atoms with Crippen LogP contribution in [0.25, 0.3) is 0 Å². The first-order chi connectivity index (χ1) is 18.4. The van der Waals surface area contributed by atoms with Gasteiger partial charge in [-0.2, -0.15) is 0 Å². The van der Waals surface area contributed by atoms with Crippen LogP contribution in [0.3, 0.4) is 0 Å². The molecule has 0 aliphatic carbocycles. The minimum absolute atomic E-state index is 0.142. The number of carbonyl (C=O) groups excluding carboxylic acids is 4. The summed E-state index contributed by atoms with van der Waals surface area (Å²) in [6.45, 7) is 12.3. The van der Waals surface area contributed by atoms with E-state index in [9.17, 15) is 19.2 Å². The Morgan fingerprint density at radius 2 is 1.59 bits per heavy atom. The number of nitrogens with zero attached hydrogens (tertiary/aromatic N) is 1. The highest BCUT2D eigenvalue weighted by Crippen LogP contribution is 2.23. The van der Waals surface area contributed by atoms with Crippen LogP contribution in [0.4, 0.5) is 0 Å². The lowest BCUT2D eigenvalue weighted by Gasteiger charge is -2.34. The predicted molar refractivity (Wildman–Crippen MR) is 150 cm³/mol. The molecule has 2 aliphatic heterocycles. The summed E-state index contributed by atoms with van der Waals surface area (Å²) in [5, 5.41) is 8.75. The molecule has 1 aromatic carbocycles. The Kier molecular flexibility index (Phi) is 10.4. The van der Waals surface area contributed by atoms with Gasteiger partial charge in [-0.3, -0.25) is 19.2 Å². The minimum atomic E-state index is -0.916. The Morgan fingerprint density at radius 3 is 2.21 bits per heavy atom. The SMILES string of the molecule is CCCC[C@@H]1NC(=O)[C@H]2CCCN2C(=O)[C@H](C(C)CC)NC(=O)[C@H](Cc2ccc(OC(C)(C)C)cc2)NC1=O. The number of carbonyl (C=O) groups is 4. The summed E-state index contributed by atoms with van der Waals surface area (Å²) in [6, 6.07) is 4.32. The van der Waals surface area contributed by atoms with Crippen molar-refractivity contribution >= 4 is 23.6 Å². The van der Waals surface area contributed by atoms with E-state index in [2.05, 4.69) is 16.0 Å². The molecule has 2 saturated heterocycles. The van der Waals surface area contributed by atoms with Crippen molar-refractivity contribution in [3.05, 3.63) is 29.8 Å². The molecule has 2 heterocycles. The Bertz CT molecular complexity index is 1020. The maximum atomic E-state index is 13.7. The van der Waals surface area contributed by atoms with Crippen LogP contribution in [0.2, 0.25) is 0 Å². The van der Waals surface area contributed by atoms with Gasteiger partial charge >= 0.3 is 0 Å². The van der Waals surface area contributed by atoms with Gasteiger partial charge in [0.1, 0.15) is 35.5 Å². The minimum Gasteiger partial charge on any atom is -0.488 e. The monoisotopic (exact) mass is 542 g/mol. The Balaban J connectivity index is 1.93. The van der Waals surface area contributed by atoms with Gasteiger partial charge in [-0.05, 0) is 63.6 Å². The summed E-state index contributed by atoms with van der Waals surface area (Å²) in [6.07, 6.45) is 4.21. The molecule has 0 spiro atoms. The van der Waals surface area contributed by atoms with Gasteiger partial charge in [0, 0.05) is 13.0 Å². The first-order valence-electron chi connectivity index (χ1n) is 14.4. The summed E-state index contributed by atoms with van der Waals surface area (Å²) in [5.41, 5.74) is 0.496. The topological polar surface area (TPSA) is 117 Å². The lowest BCUT2D eigenvalue weighted by Crippen LogP contribution is -2.62. The lowest BCUT2D eigenvalue weighted by atomic mass is 9.95. The lowest BCUT2D eigenvalue weighted by molar-refractivity contribution is -0.144. The zero-order valence-corrected chi connectivity index (χ0v) is 24.3. The summed E-state index contributed by atoms with van der Waals surface area (Å²) in [5.74, 6) is -0.776. The van der Waals surface area contributed by atoms with Crippen LogP contribution in [0, 0.1) is 5.92 Å². The molecule has 2 aliphatic rings. The second kappa shape index (κ2) is 13.3. The number of benzene rings is 1. The molecule has 5 atom stereocenters. The van der Waals surface area contributed by atoms with Crippen molar-refractivity contribution < 1.29 is 23.9 Å². The van der Waals surface area contributed by atoms with Gasteiger partial charge in [0.05, 0.1) is 0 Å². The van der Waals surface area contributed by atoms with Crippen LogP contribution in [0.15, 0.2) is 24.3 Å². The third kappa shape index (κ3) is 8.19. The molecule has 3 N–H and O–H groups in total. The Hall–Kier alpha value is -3.10. The fraction of sp³-hybridized carbons (Fsp3) is 0.667. The summed E-state index contributed by atoms with van der Waals surface area (Å²) in [4.78, 5) is 55.7. The molecular weight excluding hydrogens is 496 g/mol. The number of fused-ring (bicyclic) bond motifs is 1. The molecule has 3 rings (SSSR count). The van der Waals surface area contributed by atoms with E-state index in [0.29, 0.717) is 38.0 Å². The van der Waals surface area contributed by atoms with Gasteiger partial charge in [-0.1, -0.05) is 52.2 Å². The van der Waals surface area contributed by atoms with Crippen molar-refractivity contribution in [2.45, 2.75) is 116 Å². The molecule has 39 heavy (non-hydrogen) atoms. The van der Waals surface area contributed by atoms with Crippen molar-refractivity contribution in [2.24, 2.45) is 5.92 Å². The van der Waals surface area contributed by atoms with E-state index in [4.69, 9.17) is 4.74 Å². The van der Waals surface area contributed by atoms with E-state index in [0.717, 1.165) is 18.4 Å². The van der Waals surface area contributed by atoms with Gasteiger partial charge in [-0.25, -0.2) is 0 Å². The Labute approximate surface area is 232 Å². The quantitative estimate of drug-likeness (QED) is 0.467. The molecule has 0 bridgehead atoms. The summed E-state index contributed by atoms with van der Waals surface area (Å²) < 4.78 is 5.91. The third-order valence-electron chi connectivity index (χ3n) is 7.51. The molecule has 9 heteroatoms. The zero-order chi connectivity index (χ0) is 28.7. The average Bonchev–Trinajstić information content (AvgIpc) is 3.38. The Morgan fingerprint density at radius 1 is 0.949 bits per heavy atom. The second-order valence-corrected chi connectivity index (χ2v) is 11.9. The molecule has 1 unspecified atom stereocenters. The highest BCUT2D eigenvalue weighted by atomic mass is 16.5. The van der Waals surface area contributed by atoms with E-state index >= 15 is 0 Å². The molecule has 4 amide bonds. The highest BCUT2D eigenvalue weighted by Gasteiger charge is 2.41. The number of amides is 4. The van der Waals surface area contributed by atoms with E-state index in [1.54, 1.807) is 4.90 Å². The van der Waals surface area contributed by atoms with Crippen molar-refractivity contribution in [3.8, 4) is 5.75 Å². The first-order valence-corrected chi connectivity index (χ1v) is 14.4. The van der Waals surface area contributed by atoms with Crippen molar-refractivity contribution in [3.63, 3.8) is 0 Å². The normalized spacial score (nSPS) is 25.5. The molecule has 216 valence electrons. The maximum absolute atomic E-state index is 13.7. The first kappa shape index (κ1) is 30.4. The molecule has 0 saturated carbocycles. The van der Waals surface area contributed by atoms with Gasteiger partial charge in [0.2, 0.25) is 23.6 Å². The van der Waals surface area contributed by atoms with Crippen molar-refractivity contribution in [2.75, 3.05) is 6.54 Å². The molecule has 0 aromatic heterocycles. The largest absolute Gasteiger partial charge is 0.488 e. The van der Waals surface area contributed by atoms with Crippen molar-refractivity contribution in [1.29, 1.82) is 0 Å². The predicted octanol–water partition coefficient (Wildman–Crippen LogP) is 3.10. The van der Waals surface area contributed by atoms with Gasteiger partial charge < -0.3 is 25.6 Å².